The van der Waals surface area contributed by atoms with Gasteiger partial charge >= 0.3 is 0 Å². The van der Waals surface area contributed by atoms with Crippen LogP contribution in [0.3, 0.4) is 0 Å². The lowest BCUT2D eigenvalue weighted by Crippen LogP contribution is -2.02. The van der Waals surface area contributed by atoms with Crippen molar-refractivity contribution >= 4 is 16.3 Å². The summed E-state index contributed by atoms with van der Waals surface area (Å²) in [4.78, 5) is 4.77. The molecule has 0 saturated heterocycles. The van der Waals surface area contributed by atoms with E-state index in [1.807, 2.05) is 26.0 Å². The number of aromatic nitrogens is 5. The van der Waals surface area contributed by atoms with Gasteiger partial charge in [-0.15, -0.1) is 10.2 Å². The van der Waals surface area contributed by atoms with Gasteiger partial charge in [-0.2, -0.15) is 9.61 Å². The summed E-state index contributed by atoms with van der Waals surface area (Å²) in [5, 5.41) is 13.7. The molecule has 3 aromatic heterocycles. The zero-order chi connectivity index (χ0) is 13.2. The van der Waals surface area contributed by atoms with Crippen LogP contribution < -0.4 is 0 Å². The molecule has 3 heterocycles. The van der Waals surface area contributed by atoms with Gasteiger partial charge in [0.1, 0.15) is 11.6 Å². The summed E-state index contributed by atoms with van der Waals surface area (Å²) in [6, 6.07) is 3.78. The summed E-state index contributed by atoms with van der Waals surface area (Å²) in [5.74, 6) is 0.726. The standard InChI is InChI=1S/C12H13N5OS/c1-8(2)18-7-10-16-17-11(14-15-12(17)19-10)9-3-5-13-6-4-9/h3-6,8H,7H2,1-2H3. The van der Waals surface area contributed by atoms with Crippen LogP contribution in [-0.4, -0.2) is 30.9 Å². The number of hydrogen-bond acceptors (Lipinski definition) is 6. The van der Waals surface area contributed by atoms with Crippen LogP contribution in [0.1, 0.15) is 18.9 Å². The zero-order valence-corrected chi connectivity index (χ0v) is 11.5. The van der Waals surface area contributed by atoms with Crippen LogP contribution in [-0.2, 0) is 11.3 Å². The Labute approximate surface area is 114 Å². The second kappa shape index (κ2) is 5.02. The molecule has 0 spiro atoms. The van der Waals surface area contributed by atoms with Crippen LogP contribution in [0, 0.1) is 0 Å². The number of hydrogen-bond donors (Lipinski definition) is 0. The molecule has 3 rings (SSSR count). The SMILES string of the molecule is CC(C)OCc1nn2c(-c3ccncc3)nnc2s1. The monoisotopic (exact) mass is 275 g/mol. The Bertz CT molecular complexity index is 676. The van der Waals surface area contributed by atoms with E-state index < -0.39 is 0 Å². The first-order valence-electron chi connectivity index (χ1n) is 5.97. The quantitative estimate of drug-likeness (QED) is 0.730. The van der Waals surface area contributed by atoms with Crippen molar-refractivity contribution in [3.8, 4) is 11.4 Å². The molecule has 0 aliphatic heterocycles. The molecule has 0 radical (unpaired) electrons. The predicted molar refractivity (Wildman–Crippen MR) is 71.8 cm³/mol. The maximum Gasteiger partial charge on any atom is 0.235 e. The third kappa shape index (κ3) is 2.47. The molecule has 0 saturated carbocycles. The molecule has 0 N–H and O–H groups in total. The largest absolute Gasteiger partial charge is 0.372 e. The molecular formula is C12H13N5OS. The molecule has 0 aliphatic carbocycles. The zero-order valence-electron chi connectivity index (χ0n) is 10.6. The molecule has 19 heavy (non-hydrogen) atoms. The first-order valence-corrected chi connectivity index (χ1v) is 6.79. The Morgan fingerprint density at radius 1 is 1.26 bits per heavy atom. The van der Waals surface area contributed by atoms with Crippen molar-refractivity contribution in [2.45, 2.75) is 26.6 Å². The predicted octanol–water partition coefficient (Wildman–Crippen LogP) is 2.17. The van der Waals surface area contributed by atoms with E-state index in [2.05, 4.69) is 20.3 Å². The summed E-state index contributed by atoms with van der Waals surface area (Å²) in [7, 11) is 0. The van der Waals surface area contributed by atoms with Crippen molar-refractivity contribution in [2.24, 2.45) is 0 Å². The first kappa shape index (κ1) is 12.2. The summed E-state index contributed by atoms with van der Waals surface area (Å²) in [5.41, 5.74) is 0.948. The Balaban J connectivity index is 1.94. The highest BCUT2D eigenvalue weighted by molar-refractivity contribution is 7.16. The van der Waals surface area contributed by atoms with Crippen LogP contribution in [0.4, 0.5) is 0 Å². The fourth-order valence-corrected chi connectivity index (χ4v) is 2.39. The van der Waals surface area contributed by atoms with Crippen LogP contribution >= 0.6 is 11.3 Å². The number of fused-ring (bicyclic) bond motifs is 1. The van der Waals surface area contributed by atoms with Crippen molar-refractivity contribution in [1.29, 1.82) is 0 Å². The summed E-state index contributed by atoms with van der Waals surface area (Å²) < 4.78 is 7.30. The molecule has 7 heteroatoms. The molecule has 0 atom stereocenters. The number of pyridine rings is 1. The first-order chi connectivity index (χ1) is 9.24. The fourth-order valence-electron chi connectivity index (χ4n) is 1.63. The number of ether oxygens (including phenoxy) is 1. The van der Waals surface area contributed by atoms with Gasteiger partial charge in [0.2, 0.25) is 4.96 Å². The summed E-state index contributed by atoms with van der Waals surface area (Å²) >= 11 is 1.49. The van der Waals surface area contributed by atoms with E-state index in [4.69, 9.17) is 4.74 Å². The minimum Gasteiger partial charge on any atom is -0.372 e. The van der Waals surface area contributed by atoms with Crippen molar-refractivity contribution in [2.75, 3.05) is 0 Å². The van der Waals surface area contributed by atoms with Gasteiger partial charge in [-0.1, -0.05) is 11.3 Å². The third-order valence-corrected chi connectivity index (χ3v) is 3.38. The van der Waals surface area contributed by atoms with Gasteiger partial charge in [-0.25, -0.2) is 0 Å². The summed E-state index contributed by atoms with van der Waals surface area (Å²) in [6.45, 7) is 4.51. The van der Waals surface area contributed by atoms with Gasteiger partial charge in [0.15, 0.2) is 5.82 Å². The van der Waals surface area contributed by atoms with E-state index in [9.17, 15) is 0 Å². The Morgan fingerprint density at radius 2 is 2.05 bits per heavy atom. The number of rotatable bonds is 4. The van der Waals surface area contributed by atoms with E-state index >= 15 is 0 Å². The molecule has 98 valence electrons. The minimum atomic E-state index is 0.189. The lowest BCUT2D eigenvalue weighted by molar-refractivity contribution is 0.0651. The lowest BCUT2D eigenvalue weighted by atomic mass is 10.2. The van der Waals surface area contributed by atoms with E-state index in [0.29, 0.717) is 6.61 Å². The van der Waals surface area contributed by atoms with Gasteiger partial charge in [-0.3, -0.25) is 4.98 Å². The Morgan fingerprint density at radius 3 is 2.79 bits per heavy atom. The van der Waals surface area contributed by atoms with E-state index in [0.717, 1.165) is 21.4 Å². The molecule has 0 aliphatic rings. The van der Waals surface area contributed by atoms with Crippen LogP contribution in [0.25, 0.3) is 16.3 Å². The van der Waals surface area contributed by atoms with Gasteiger partial charge in [0.25, 0.3) is 0 Å². The highest BCUT2D eigenvalue weighted by atomic mass is 32.1. The smallest absolute Gasteiger partial charge is 0.235 e. The third-order valence-electron chi connectivity index (χ3n) is 2.51. The minimum absolute atomic E-state index is 0.189. The van der Waals surface area contributed by atoms with E-state index in [1.54, 1.807) is 16.9 Å². The normalized spacial score (nSPS) is 11.5. The Kier molecular flexibility index (Phi) is 3.22. The average molecular weight is 275 g/mol. The van der Waals surface area contributed by atoms with E-state index in [-0.39, 0.29) is 6.10 Å². The van der Waals surface area contributed by atoms with Crippen molar-refractivity contribution in [3.05, 3.63) is 29.5 Å². The summed E-state index contributed by atoms with van der Waals surface area (Å²) in [6.07, 6.45) is 3.64. The highest BCUT2D eigenvalue weighted by Gasteiger charge is 2.13. The molecular weight excluding hydrogens is 262 g/mol. The molecule has 0 amide bonds. The number of nitrogens with zero attached hydrogens (tertiary/aromatic N) is 5. The highest BCUT2D eigenvalue weighted by Crippen LogP contribution is 2.21. The van der Waals surface area contributed by atoms with Crippen molar-refractivity contribution in [1.82, 2.24) is 24.8 Å². The maximum absolute atomic E-state index is 5.55. The van der Waals surface area contributed by atoms with Gasteiger partial charge < -0.3 is 4.74 Å². The topological polar surface area (TPSA) is 65.2 Å². The lowest BCUT2D eigenvalue weighted by Gasteiger charge is -2.03. The molecule has 3 aromatic rings. The molecule has 6 nitrogen and oxygen atoms in total. The van der Waals surface area contributed by atoms with Gasteiger partial charge in [0, 0.05) is 18.0 Å². The van der Waals surface area contributed by atoms with E-state index in [1.165, 1.54) is 11.3 Å². The van der Waals surface area contributed by atoms with Gasteiger partial charge in [-0.05, 0) is 26.0 Å². The molecule has 0 fully saturated rings. The average Bonchev–Trinajstić information content (AvgIpc) is 2.96. The van der Waals surface area contributed by atoms with Crippen molar-refractivity contribution < 1.29 is 4.74 Å². The Hall–Kier alpha value is -1.86. The molecule has 0 bridgehead atoms. The molecule has 0 unspecified atom stereocenters. The van der Waals surface area contributed by atoms with Crippen molar-refractivity contribution in [3.63, 3.8) is 0 Å². The molecule has 0 aromatic carbocycles. The van der Waals surface area contributed by atoms with Crippen LogP contribution in [0.5, 0.6) is 0 Å². The second-order valence-electron chi connectivity index (χ2n) is 4.31. The fraction of sp³-hybridized carbons (Fsp3) is 0.333. The maximum atomic E-state index is 5.55. The second-order valence-corrected chi connectivity index (χ2v) is 5.35. The van der Waals surface area contributed by atoms with Crippen LogP contribution in [0.2, 0.25) is 0 Å². The van der Waals surface area contributed by atoms with Gasteiger partial charge in [0.05, 0.1) is 6.10 Å². The van der Waals surface area contributed by atoms with Crippen LogP contribution in [0.15, 0.2) is 24.5 Å².